The molecule has 1 aliphatic heterocycles. The third-order valence-corrected chi connectivity index (χ3v) is 4.45. The second-order valence-electron chi connectivity index (χ2n) is 5.70. The number of benzene rings is 1. The van der Waals surface area contributed by atoms with Crippen LogP contribution in [0.3, 0.4) is 0 Å². The van der Waals surface area contributed by atoms with Gasteiger partial charge in [0, 0.05) is 11.9 Å². The lowest BCUT2D eigenvalue weighted by Gasteiger charge is -2.44. The van der Waals surface area contributed by atoms with Crippen molar-refractivity contribution in [2.45, 2.75) is 44.6 Å². The fraction of sp³-hybridized carbons (Fsp3) is 0.500. The van der Waals surface area contributed by atoms with Gasteiger partial charge in [0.05, 0.1) is 5.54 Å². The molecule has 1 atom stereocenters. The highest BCUT2D eigenvalue weighted by atomic mass is 16.5. The number of hydrogen-bond acceptors (Lipinski definition) is 3. The molecular formula is C16H20N2O3. The van der Waals surface area contributed by atoms with Gasteiger partial charge in [0.2, 0.25) is 0 Å². The predicted molar refractivity (Wildman–Crippen MR) is 79.2 cm³/mol. The van der Waals surface area contributed by atoms with Crippen molar-refractivity contribution in [3.63, 3.8) is 0 Å². The second-order valence-corrected chi connectivity index (χ2v) is 5.70. The van der Waals surface area contributed by atoms with Crippen molar-refractivity contribution >= 4 is 17.1 Å². The number of amides is 1. The SMILES string of the molecule is CCCC1(c2noc3ccccc23)CCCCN1C(=O)O. The molecule has 1 amide bonds. The van der Waals surface area contributed by atoms with Gasteiger partial charge in [-0.3, -0.25) is 4.90 Å². The summed E-state index contributed by atoms with van der Waals surface area (Å²) in [5.41, 5.74) is 0.951. The first-order chi connectivity index (χ1) is 10.2. The molecule has 1 fully saturated rings. The summed E-state index contributed by atoms with van der Waals surface area (Å²) in [6, 6.07) is 7.68. The van der Waals surface area contributed by atoms with Crippen molar-refractivity contribution in [2.24, 2.45) is 0 Å². The van der Waals surface area contributed by atoms with Gasteiger partial charge in [-0.25, -0.2) is 4.79 Å². The van der Waals surface area contributed by atoms with Crippen molar-refractivity contribution in [1.29, 1.82) is 0 Å². The summed E-state index contributed by atoms with van der Waals surface area (Å²) >= 11 is 0. The maximum Gasteiger partial charge on any atom is 0.408 e. The van der Waals surface area contributed by atoms with Gasteiger partial charge in [0.25, 0.3) is 0 Å². The van der Waals surface area contributed by atoms with E-state index in [4.69, 9.17) is 4.52 Å². The van der Waals surface area contributed by atoms with Gasteiger partial charge in [-0.15, -0.1) is 0 Å². The molecule has 1 aliphatic rings. The maximum atomic E-state index is 11.7. The average molecular weight is 288 g/mol. The van der Waals surface area contributed by atoms with Gasteiger partial charge in [0.1, 0.15) is 5.69 Å². The number of aromatic nitrogens is 1. The summed E-state index contributed by atoms with van der Waals surface area (Å²) in [4.78, 5) is 13.3. The number of likely N-dealkylation sites (tertiary alicyclic amines) is 1. The van der Waals surface area contributed by atoms with Crippen molar-refractivity contribution < 1.29 is 14.4 Å². The van der Waals surface area contributed by atoms with Crippen LogP contribution in [0.25, 0.3) is 11.0 Å². The Bertz CT molecular complexity index is 648. The van der Waals surface area contributed by atoms with Crippen LogP contribution in [0, 0.1) is 0 Å². The normalized spacial score (nSPS) is 22.6. The molecule has 21 heavy (non-hydrogen) atoms. The Morgan fingerprint density at radius 3 is 3.00 bits per heavy atom. The Morgan fingerprint density at radius 2 is 2.24 bits per heavy atom. The van der Waals surface area contributed by atoms with Gasteiger partial charge >= 0.3 is 6.09 Å². The molecule has 0 saturated carbocycles. The molecule has 1 N–H and O–H groups in total. The summed E-state index contributed by atoms with van der Waals surface area (Å²) in [6.45, 7) is 2.65. The van der Waals surface area contributed by atoms with Crippen LogP contribution in [0.4, 0.5) is 4.79 Å². The molecule has 3 rings (SSSR count). The smallest absolute Gasteiger partial charge is 0.408 e. The summed E-state index contributed by atoms with van der Waals surface area (Å²) in [7, 11) is 0. The topological polar surface area (TPSA) is 66.6 Å². The van der Waals surface area contributed by atoms with Crippen LogP contribution in [-0.2, 0) is 5.54 Å². The van der Waals surface area contributed by atoms with Crippen LogP contribution < -0.4 is 0 Å². The first-order valence-corrected chi connectivity index (χ1v) is 7.54. The number of hydrogen-bond donors (Lipinski definition) is 1. The van der Waals surface area contributed by atoms with Crippen LogP contribution in [0.1, 0.15) is 44.7 Å². The Morgan fingerprint density at radius 1 is 1.43 bits per heavy atom. The molecule has 1 unspecified atom stereocenters. The molecule has 0 bridgehead atoms. The number of carbonyl (C=O) groups is 1. The van der Waals surface area contributed by atoms with Crippen molar-refractivity contribution in [2.75, 3.05) is 6.54 Å². The first kappa shape index (κ1) is 13.9. The predicted octanol–water partition coefficient (Wildman–Crippen LogP) is 3.99. The fourth-order valence-corrected chi connectivity index (χ4v) is 3.57. The van der Waals surface area contributed by atoms with E-state index in [1.807, 2.05) is 24.3 Å². The average Bonchev–Trinajstić information content (AvgIpc) is 2.92. The minimum atomic E-state index is -0.866. The molecular weight excluding hydrogens is 268 g/mol. The van der Waals surface area contributed by atoms with E-state index in [-0.39, 0.29) is 0 Å². The number of para-hydroxylation sites is 1. The maximum absolute atomic E-state index is 11.7. The monoisotopic (exact) mass is 288 g/mol. The highest BCUT2D eigenvalue weighted by molar-refractivity contribution is 5.81. The molecule has 1 saturated heterocycles. The van der Waals surface area contributed by atoms with Crippen molar-refractivity contribution in [1.82, 2.24) is 10.1 Å². The van der Waals surface area contributed by atoms with E-state index in [2.05, 4.69) is 12.1 Å². The second kappa shape index (κ2) is 5.39. The fourth-order valence-electron chi connectivity index (χ4n) is 3.57. The Labute approximate surface area is 123 Å². The molecule has 112 valence electrons. The number of fused-ring (bicyclic) bond motifs is 1. The molecule has 5 heteroatoms. The van der Waals surface area contributed by atoms with Crippen LogP contribution in [0.2, 0.25) is 0 Å². The lowest BCUT2D eigenvalue weighted by Crippen LogP contribution is -2.52. The van der Waals surface area contributed by atoms with Gasteiger partial charge in [-0.05, 0) is 37.8 Å². The lowest BCUT2D eigenvalue weighted by atomic mass is 9.79. The van der Waals surface area contributed by atoms with Crippen molar-refractivity contribution in [3.05, 3.63) is 30.0 Å². The van der Waals surface area contributed by atoms with Gasteiger partial charge in [-0.2, -0.15) is 0 Å². The first-order valence-electron chi connectivity index (χ1n) is 7.54. The zero-order valence-electron chi connectivity index (χ0n) is 12.2. The number of rotatable bonds is 3. The van der Waals surface area contributed by atoms with E-state index in [1.165, 1.54) is 0 Å². The Hall–Kier alpha value is -2.04. The van der Waals surface area contributed by atoms with Gasteiger partial charge in [0.15, 0.2) is 5.58 Å². The van der Waals surface area contributed by atoms with Crippen molar-refractivity contribution in [3.8, 4) is 0 Å². The van der Waals surface area contributed by atoms with E-state index >= 15 is 0 Å². The highest BCUT2D eigenvalue weighted by Gasteiger charge is 2.45. The van der Waals surface area contributed by atoms with Crippen LogP contribution in [0.15, 0.2) is 28.8 Å². The molecule has 5 nitrogen and oxygen atoms in total. The summed E-state index contributed by atoms with van der Waals surface area (Å²) < 4.78 is 5.43. The standard InChI is InChI=1S/C16H20N2O3/c1-2-9-16(10-5-6-11-18(16)15(19)20)14-12-7-3-4-8-13(12)21-17-14/h3-4,7-8H,2,5-6,9-11H2,1H3,(H,19,20). The van der Waals surface area contributed by atoms with Gasteiger partial charge in [-0.1, -0.05) is 30.6 Å². The van der Waals surface area contributed by atoms with Gasteiger partial charge < -0.3 is 9.63 Å². The number of nitrogens with zero attached hydrogens (tertiary/aromatic N) is 2. The van der Waals surface area contributed by atoms with E-state index in [9.17, 15) is 9.90 Å². The van der Waals surface area contributed by atoms with E-state index < -0.39 is 11.6 Å². The number of piperidine rings is 1. The molecule has 1 aromatic carbocycles. The van der Waals surface area contributed by atoms with Crippen LogP contribution in [0.5, 0.6) is 0 Å². The van der Waals surface area contributed by atoms with E-state index in [0.29, 0.717) is 6.54 Å². The molecule has 1 aromatic heterocycles. The lowest BCUT2D eigenvalue weighted by molar-refractivity contribution is 0.0343. The summed E-state index contributed by atoms with van der Waals surface area (Å²) in [5.74, 6) is 0. The van der Waals surface area contributed by atoms with E-state index in [1.54, 1.807) is 4.90 Å². The minimum Gasteiger partial charge on any atom is -0.465 e. The zero-order valence-corrected chi connectivity index (χ0v) is 12.2. The van der Waals surface area contributed by atoms with Crippen LogP contribution >= 0.6 is 0 Å². The molecule has 2 heterocycles. The van der Waals surface area contributed by atoms with Crippen LogP contribution in [-0.4, -0.2) is 27.8 Å². The Balaban J connectivity index is 2.17. The number of carboxylic acid groups (broad SMARTS) is 1. The Kier molecular flexibility index (Phi) is 3.57. The zero-order chi connectivity index (χ0) is 14.9. The molecule has 0 radical (unpaired) electrons. The third-order valence-electron chi connectivity index (χ3n) is 4.45. The summed E-state index contributed by atoms with van der Waals surface area (Å²) in [5, 5.41) is 14.8. The van der Waals surface area contributed by atoms with E-state index in [0.717, 1.165) is 48.8 Å². The molecule has 0 spiro atoms. The molecule has 2 aromatic rings. The minimum absolute atomic E-state index is 0.550. The summed E-state index contributed by atoms with van der Waals surface area (Å²) in [6.07, 6.45) is 3.55. The third kappa shape index (κ3) is 2.17. The quantitative estimate of drug-likeness (QED) is 0.927. The largest absolute Gasteiger partial charge is 0.465 e. The molecule has 0 aliphatic carbocycles. The highest BCUT2D eigenvalue weighted by Crippen LogP contribution is 2.43.